The van der Waals surface area contributed by atoms with Crippen LogP contribution in [0.3, 0.4) is 0 Å². The first-order valence-electron chi connectivity index (χ1n) is 17.1. The third-order valence-corrected chi connectivity index (χ3v) is 9.67. The molecule has 10 aromatic rings. The van der Waals surface area contributed by atoms with E-state index in [4.69, 9.17) is 19.4 Å². The number of benzene rings is 7. The van der Waals surface area contributed by atoms with Gasteiger partial charge in [0.2, 0.25) is 0 Å². The van der Waals surface area contributed by atoms with Gasteiger partial charge in [0.15, 0.2) is 17.5 Å². The van der Waals surface area contributed by atoms with Crippen molar-refractivity contribution in [3.8, 4) is 57.0 Å². The molecule has 10 rings (SSSR count). The number of furan rings is 1. The predicted molar refractivity (Wildman–Crippen MR) is 208 cm³/mol. The molecule has 0 fully saturated rings. The van der Waals surface area contributed by atoms with Crippen molar-refractivity contribution in [2.45, 2.75) is 0 Å². The average Bonchev–Trinajstić information content (AvgIpc) is 3.77. The van der Waals surface area contributed by atoms with Gasteiger partial charge in [-0.1, -0.05) is 127 Å². The quantitative estimate of drug-likeness (QED) is 0.183. The molecule has 0 aliphatic heterocycles. The van der Waals surface area contributed by atoms with Crippen molar-refractivity contribution in [1.82, 2.24) is 19.5 Å². The number of hydrogen-bond donors (Lipinski definition) is 0. The Morgan fingerprint density at radius 1 is 0.481 bits per heavy atom. The van der Waals surface area contributed by atoms with Crippen LogP contribution in [0.4, 0.5) is 0 Å². The van der Waals surface area contributed by atoms with Crippen molar-refractivity contribution >= 4 is 43.7 Å². The summed E-state index contributed by atoms with van der Waals surface area (Å²) in [6, 6.07) is 57.3. The third-order valence-electron chi connectivity index (χ3n) is 9.67. The fraction of sp³-hybridized carbons (Fsp3) is 0. The summed E-state index contributed by atoms with van der Waals surface area (Å²) in [5, 5.41) is 14.7. The molecule has 0 aliphatic rings. The van der Waals surface area contributed by atoms with Crippen LogP contribution in [0.15, 0.2) is 168 Å². The molecule has 0 saturated carbocycles. The monoisotopic (exact) mass is 665 g/mol. The summed E-state index contributed by atoms with van der Waals surface area (Å²) in [6.07, 6.45) is 0. The summed E-state index contributed by atoms with van der Waals surface area (Å²) in [5.41, 5.74) is 9.30. The minimum atomic E-state index is 0.465. The molecule has 0 saturated heterocycles. The Morgan fingerprint density at radius 2 is 1.04 bits per heavy atom. The second kappa shape index (κ2) is 11.9. The van der Waals surface area contributed by atoms with E-state index in [1.54, 1.807) is 0 Å². The van der Waals surface area contributed by atoms with E-state index < -0.39 is 0 Å². The number of nitriles is 1. The zero-order valence-electron chi connectivity index (χ0n) is 27.7. The number of nitrogens with zero attached hydrogens (tertiary/aromatic N) is 5. The van der Waals surface area contributed by atoms with E-state index in [-0.39, 0.29) is 0 Å². The number of fused-ring (bicyclic) bond motifs is 7. The molecule has 0 bridgehead atoms. The third kappa shape index (κ3) is 4.68. The van der Waals surface area contributed by atoms with E-state index >= 15 is 0 Å². The Hall–Kier alpha value is -7.36. The van der Waals surface area contributed by atoms with Crippen LogP contribution < -0.4 is 0 Å². The van der Waals surface area contributed by atoms with Crippen LogP contribution in [0.2, 0.25) is 0 Å². The lowest BCUT2D eigenvalue weighted by Gasteiger charge is -2.19. The van der Waals surface area contributed by atoms with Gasteiger partial charge in [-0.25, -0.2) is 15.0 Å². The Bertz CT molecular complexity index is 2960. The molecule has 0 N–H and O–H groups in total. The molecule has 242 valence electrons. The SMILES string of the molecule is N#Cc1cc(-c2ccccc2)c(-n2c3ccccc3c3c4oc5ccccc5c4ccc32)c(-c2nc(-c3ccccc3)nc(-c3ccccc3)n2)c1. The lowest BCUT2D eigenvalue weighted by atomic mass is 9.96. The molecule has 0 radical (unpaired) electrons. The Kier molecular flexibility index (Phi) is 6.76. The molecule has 6 heteroatoms. The Balaban J connectivity index is 1.37. The van der Waals surface area contributed by atoms with Crippen LogP contribution in [-0.4, -0.2) is 19.5 Å². The molecule has 0 amide bonds. The van der Waals surface area contributed by atoms with Gasteiger partial charge in [-0.2, -0.15) is 5.26 Å². The molecule has 6 nitrogen and oxygen atoms in total. The van der Waals surface area contributed by atoms with Gasteiger partial charge < -0.3 is 8.98 Å². The highest BCUT2D eigenvalue weighted by Crippen LogP contribution is 2.45. The van der Waals surface area contributed by atoms with Gasteiger partial charge in [0.25, 0.3) is 0 Å². The largest absolute Gasteiger partial charge is 0.455 e. The van der Waals surface area contributed by atoms with Gasteiger partial charge in [0.05, 0.1) is 33.7 Å². The lowest BCUT2D eigenvalue weighted by molar-refractivity contribution is 0.673. The fourth-order valence-electron chi connectivity index (χ4n) is 7.35. The summed E-state index contributed by atoms with van der Waals surface area (Å²) >= 11 is 0. The molecular weight excluding hydrogens is 639 g/mol. The van der Waals surface area contributed by atoms with Crippen LogP contribution in [0, 0.1) is 11.3 Å². The highest BCUT2D eigenvalue weighted by atomic mass is 16.3. The van der Waals surface area contributed by atoms with Crippen molar-refractivity contribution in [1.29, 1.82) is 5.26 Å². The predicted octanol–water partition coefficient (Wildman–Crippen LogP) is 11.4. The van der Waals surface area contributed by atoms with Crippen LogP contribution in [0.1, 0.15) is 5.56 Å². The average molecular weight is 666 g/mol. The summed E-state index contributed by atoms with van der Waals surface area (Å²) in [5.74, 6) is 1.56. The van der Waals surface area contributed by atoms with Crippen LogP contribution >= 0.6 is 0 Å². The van der Waals surface area contributed by atoms with Crippen molar-refractivity contribution < 1.29 is 4.42 Å². The molecule has 3 aromatic heterocycles. The number of aromatic nitrogens is 4. The summed E-state index contributed by atoms with van der Waals surface area (Å²) < 4.78 is 8.91. The first-order valence-corrected chi connectivity index (χ1v) is 17.1. The van der Waals surface area contributed by atoms with Crippen molar-refractivity contribution in [2.75, 3.05) is 0 Å². The van der Waals surface area contributed by atoms with Crippen LogP contribution in [0.25, 0.3) is 94.7 Å². The van der Waals surface area contributed by atoms with Gasteiger partial charge in [-0.05, 0) is 42.0 Å². The smallest absolute Gasteiger partial charge is 0.166 e. The second-order valence-corrected chi connectivity index (χ2v) is 12.7. The minimum Gasteiger partial charge on any atom is -0.455 e. The summed E-state index contributed by atoms with van der Waals surface area (Å²) in [6.45, 7) is 0. The maximum Gasteiger partial charge on any atom is 0.166 e. The summed E-state index contributed by atoms with van der Waals surface area (Å²) in [4.78, 5) is 15.3. The van der Waals surface area contributed by atoms with E-state index in [2.05, 4.69) is 65.2 Å². The van der Waals surface area contributed by atoms with Gasteiger partial charge in [0, 0.05) is 38.4 Å². The van der Waals surface area contributed by atoms with E-state index in [1.165, 1.54) is 0 Å². The number of para-hydroxylation sites is 2. The molecule has 7 aromatic carbocycles. The maximum absolute atomic E-state index is 10.5. The van der Waals surface area contributed by atoms with Gasteiger partial charge >= 0.3 is 0 Å². The minimum absolute atomic E-state index is 0.465. The topological polar surface area (TPSA) is 80.5 Å². The maximum atomic E-state index is 10.5. The molecule has 0 spiro atoms. The fourth-order valence-corrected chi connectivity index (χ4v) is 7.35. The molecule has 0 aliphatic carbocycles. The zero-order chi connectivity index (χ0) is 34.6. The van der Waals surface area contributed by atoms with Crippen LogP contribution in [0.5, 0.6) is 0 Å². The van der Waals surface area contributed by atoms with E-state index in [0.29, 0.717) is 28.6 Å². The lowest BCUT2D eigenvalue weighted by Crippen LogP contribution is -2.06. The molecule has 52 heavy (non-hydrogen) atoms. The Labute approximate surface area is 298 Å². The van der Waals surface area contributed by atoms with Crippen molar-refractivity contribution in [3.63, 3.8) is 0 Å². The molecule has 0 unspecified atom stereocenters. The zero-order valence-corrected chi connectivity index (χ0v) is 27.7. The molecule has 3 heterocycles. The van der Waals surface area contributed by atoms with E-state index in [0.717, 1.165) is 71.7 Å². The number of hydrogen-bond acceptors (Lipinski definition) is 5. The molecular formula is C46H27N5O. The number of rotatable bonds is 5. The van der Waals surface area contributed by atoms with E-state index in [9.17, 15) is 5.26 Å². The highest BCUT2D eigenvalue weighted by Gasteiger charge is 2.25. The first-order chi connectivity index (χ1) is 25.7. The van der Waals surface area contributed by atoms with Gasteiger partial charge in [0.1, 0.15) is 11.2 Å². The molecule has 0 atom stereocenters. The normalized spacial score (nSPS) is 11.4. The summed E-state index contributed by atoms with van der Waals surface area (Å²) in [7, 11) is 0. The van der Waals surface area contributed by atoms with Crippen molar-refractivity contribution in [3.05, 3.63) is 169 Å². The van der Waals surface area contributed by atoms with Crippen LogP contribution in [-0.2, 0) is 0 Å². The first kappa shape index (κ1) is 29.5. The van der Waals surface area contributed by atoms with E-state index in [1.807, 2.05) is 109 Å². The Morgan fingerprint density at radius 3 is 1.71 bits per heavy atom. The van der Waals surface area contributed by atoms with Crippen molar-refractivity contribution in [2.24, 2.45) is 0 Å². The highest BCUT2D eigenvalue weighted by molar-refractivity contribution is 6.24. The standard InChI is InChI=1S/C46H27N5O/c47-28-29-26-36(30-14-4-1-5-15-30)42(37(27-29)46-49-44(31-16-6-2-7-17-31)48-45(50-46)32-18-8-3-9-19-32)51-38-22-12-10-21-35(38)41-39(51)25-24-34-33-20-11-13-23-40(33)52-43(34)41/h1-27H. The van der Waals surface area contributed by atoms with Gasteiger partial charge in [-0.15, -0.1) is 0 Å². The second-order valence-electron chi connectivity index (χ2n) is 12.7. The van der Waals surface area contributed by atoms with Gasteiger partial charge in [-0.3, -0.25) is 0 Å².